The Kier molecular flexibility index (Phi) is 67.5. The number of hydrogen-bond donors (Lipinski definition) is 1. The van der Waals surface area contributed by atoms with Gasteiger partial charge in [-0.1, -0.05) is 0 Å². The molecule has 0 rings (SSSR count). The molecule has 0 amide bonds. The molecule has 0 saturated heterocycles. The van der Waals surface area contributed by atoms with E-state index in [9.17, 15) is 0 Å². The molecular formula is C3H10BaO4. The van der Waals surface area contributed by atoms with E-state index in [1.54, 1.807) is 7.11 Å². The third-order valence-electron chi connectivity index (χ3n) is 0.295. The van der Waals surface area contributed by atoms with Crippen LogP contribution in [0.5, 0.6) is 0 Å². The normalized spacial score (nSPS) is 5.25. The molecule has 48 valence electrons. The molecule has 5 heteroatoms. The third-order valence-corrected chi connectivity index (χ3v) is 0.295. The first-order valence-electron chi connectivity index (χ1n) is 1.51. The maximum Gasteiger partial charge on any atom is 2.00 e. The van der Waals surface area contributed by atoms with Crippen LogP contribution in [0.1, 0.15) is 0 Å². The Bertz CT molecular complexity index is 18.8. The van der Waals surface area contributed by atoms with Crippen molar-refractivity contribution in [3.8, 4) is 0 Å². The van der Waals surface area contributed by atoms with E-state index in [1.165, 1.54) is 0 Å². The SMILES string of the molecule is COCCO.[Ba+2].[OH-].[OH-]. The van der Waals surface area contributed by atoms with Gasteiger partial charge in [-0.05, 0) is 0 Å². The first kappa shape index (κ1) is 22.7. The zero-order valence-electron chi connectivity index (χ0n) is 4.87. The Hall–Kier alpha value is 1.41. The smallest absolute Gasteiger partial charge is 0.870 e. The number of rotatable bonds is 2. The van der Waals surface area contributed by atoms with E-state index < -0.39 is 0 Å². The van der Waals surface area contributed by atoms with Gasteiger partial charge in [-0.15, -0.1) is 0 Å². The summed E-state index contributed by atoms with van der Waals surface area (Å²) in [4.78, 5) is 0. The first-order chi connectivity index (χ1) is 2.41. The molecule has 0 fully saturated rings. The van der Waals surface area contributed by atoms with Gasteiger partial charge in [0, 0.05) is 7.11 Å². The van der Waals surface area contributed by atoms with Gasteiger partial charge in [-0.3, -0.25) is 0 Å². The van der Waals surface area contributed by atoms with E-state index in [1.807, 2.05) is 0 Å². The maximum absolute atomic E-state index is 7.94. The van der Waals surface area contributed by atoms with Crippen molar-refractivity contribution in [3.63, 3.8) is 0 Å². The molecule has 0 aliphatic rings. The predicted octanol–water partition coefficient (Wildman–Crippen LogP) is -1.11. The largest absolute Gasteiger partial charge is 2.00 e. The molecule has 0 aromatic carbocycles. The van der Waals surface area contributed by atoms with Gasteiger partial charge in [0.25, 0.3) is 0 Å². The molecule has 0 spiro atoms. The minimum absolute atomic E-state index is 0. The Morgan fingerprint density at radius 2 is 1.75 bits per heavy atom. The number of hydrogen-bond acceptors (Lipinski definition) is 4. The fourth-order valence-corrected chi connectivity index (χ4v) is 0.0913. The second kappa shape index (κ2) is 23.7. The molecule has 0 saturated carbocycles. The minimum atomic E-state index is 0. The summed E-state index contributed by atoms with van der Waals surface area (Å²) in [5, 5.41) is 7.94. The molecule has 0 unspecified atom stereocenters. The zero-order valence-corrected chi connectivity index (χ0v) is 9.31. The summed E-state index contributed by atoms with van der Waals surface area (Å²) in [5.74, 6) is 0. The van der Waals surface area contributed by atoms with Gasteiger partial charge in [0.1, 0.15) is 0 Å². The molecular weight excluding hydrogens is 237 g/mol. The van der Waals surface area contributed by atoms with E-state index in [4.69, 9.17) is 5.11 Å². The average Bonchev–Trinajstić information content (AvgIpc) is 1.41. The van der Waals surface area contributed by atoms with Crippen molar-refractivity contribution in [2.75, 3.05) is 20.3 Å². The molecule has 4 nitrogen and oxygen atoms in total. The maximum atomic E-state index is 7.94. The van der Waals surface area contributed by atoms with Crippen LogP contribution in [0.2, 0.25) is 0 Å². The Morgan fingerprint density at radius 1 is 1.38 bits per heavy atom. The summed E-state index contributed by atoms with van der Waals surface area (Å²) in [6, 6.07) is 0. The fraction of sp³-hybridized carbons (Fsp3) is 1.00. The van der Waals surface area contributed by atoms with Crippen LogP contribution in [0.4, 0.5) is 0 Å². The molecule has 0 aromatic heterocycles. The van der Waals surface area contributed by atoms with Crippen LogP contribution in [0.15, 0.2) is 0 Å². The quantitative estimate of drug-likeness (QED) is 0.627. The molecule has 0 aliphatic carbocycles. The van der Waals surface area contributed by atoms with E-state index in [-0.39, 0.29) is 66.4 Å². The van der Waals surface area contributed by atoms with Gasteiger partial charge < -0.3 is 20.8 Å². The van der Waals surface area contributed by atoms with Crippen molar-refractivity contribution in [2.45, 2.75) is 0 Å². The molecule has 0 heterocycles. The van der Waals surface area contributed by atoms with Gasteiger partial charge in [0.15, 0.2) is 0 Å². The topological polar surface area (TPSA) is 89.5 Å². The van der Waals surface area contributed by atoms with E-state index in [2.05, 4.69) is 4.74 Å². The van der Waals surface area contributed by atoms with Crippen molar-refractivity contribution in [1.29, 1.82) is 0 Å². The Morgan fingerprint density at radius 3 is 1.75 bits per heavy atom. The first-order valence-corrected chi connectivity index (χ1v) is 1.51. The predicted molar refractivity (Wildman–Crippen MR) is 28.6 cm³/mol. The molecule has 3 N–H and O–H groups in total. The summed E-state index contributed by atoms with van der Waals surface area (Å²) in [7, 11) is 1.55. The summed E-state index contributed by atoms with van der Waals surface area (Å²) in [6.45, 7) is 0.566. The number of ether oxygens (including phenoxy) is 1. The second-order valence-electron chi connectivity index (χ2n) is 0.716. The molecule has 0 aliphatic heterocycles. The number of aliphatic hydroxyl groups excluding tert-OH is 1. The molecule has 0 aromatic rings. The van der Waals surface area contributed by atoms with Crippen molar-refractivity contribution in [2.24, 2.45) is 0 Å². The van der Waals surface area contributed by atoms with E-state index >= 15 is 0 Å². The monoisotopic (exact) mass is 248 g/mol. The van der Waals surface area contributed by atoms with Gasteiger partial charge in [0.2, 0.25) is 0 Å². The van der Waals surface area contributed by atoms with Crippen molar-refractivity contribution < 1.29 is 20.8 Å². The van der Waals surface area contributed by atoms with Crippen molar-refractivity contribution in [1.82, 2.24) is 0 Å². The minimum Gasteiger partial charge on any atom is -0.870 e. The van der Waals surface area contributed by atoms with Gasteiger partial charge in [0.05, 0.1) is 13.2 Å². The molecule has 0 atom stereocenters. The van der Waals surface area contributed by atoms with Gasteiger partial charge >= 0.3 is 48.9 Å². The van der Waals surface area contributed by atoms with Crippen LogP contribution < -0.4 is 0 Å². The standard InChI is InChI=1S/C3H8O2.Ba.2H2O/c1-5-3-2-4;;;/h4H,2-3H2,1H3;;2*1H2/q;+2;;/p-2. The summed E-state index contributed by atoms with van der Waals surface area (Å²) < 4.78 is 4.44. The van der Waals surface area contributed by atoms with Gasteiger partial charge in [-0.2, -0.15) is 0 Å². The number of methoxy groups -OCH3 is 1. The van der Waals surface area contributed by atoms with Crippen LogP contribution in [-0.2, 0) is 4.74 Å². The Balaban J connectivity index is -0.0000000267. The summed E-state index contributed by atoms with van der Waals surface area (Å²) in [5.41, 5.74) is 0. The van der Waals surface area contributed by atoms with Crippen LogP contribution in [0, 0.1) is 0 Å². The van der Waals surface area contributed by atoms with Crippen LogP contribution in [-0.4, -0.2) is 85.3 Å². The zero-order chi connectivity index (χ0) is 4.12. The Labute approximate surface area is 88.9 Å². The molecule has 0 radical (unpaired) electrons. The average molecular weight is 247 g/mol. The summed E-state index contributed by atoms with van der Waals surface area (Å²) in [6.07, 6.45) is 0. The van der Waals surface area contributed by atoms with Crippen LogP contribution in [0.3, 0.4) is 0 Å². The third kappa shape index (κ3) is 26.2. The van der Waals surface area contributed by atoms with E-state index in [0.29, 0.717) is 6.61 Å². The molecule has 8 heavy (non-hydrogen) atoms. The molecule has 0 bridgehead atoms. The van der Waals surface area contributed by atoms with Crippen molar-refractivity contribution in [3.05, 3.63) is 0 Å². The summed E-state index contributed by atoms with van der Waals surface area (Å²) >= 11 is 0. The van der Waals surface area contributed by atoms with Gasteiger partial charge in [-0.25, -0.2) is 0 Å². The van der Waals surface area contributed by atoms with Crippen LogP contribution >= 0.6 is 0 Å². The number of aliphatic hydroxyl groups is 1. The van der Waals surface area contributed by atoms with E-state index in [0.717, 1.165) is 0 Å². The fourth-order valence-electron chi connectivity index (χ4n) is 0.0913. The van der Waals surface area contributed by atoms with Crippen LogP contribution in [0.25, 0.3) is 0 Å². The van der Waals surface area contributed by atoms with Crippen molar-refractivity contribution >= 4 is 48.9 Å². The second-order valence-corrected chi connectivity index (χ2v) is 0.716.